The predicted octanol–water partition coefficient (Wildman–Crippen LogP) is 4.82. The Labute approximate surface area is 163 Å². The Morgan fingerprint density at radius 2 is 1.30 bits per heavy atom. The number of anilines is 5. The standard InChI is InChI=1S/C20H18N6.ClH/c1-13-6-9-16(10-7-13)22-19-24-18(21)25-20(26-19)23-17-11-8-14-4-2-3-5-15(14)12-17;/h2-12H,1H3,(H4,21,22,23,24,25,26);1H. The van der Waals surface area contributed by atoms with E-state index in [0.717, 1.165) is 16.8 Å². The summed E-state index contributed by atoms with van der Waals surface area (Å²) < 4.78 is 0. The van der Waals surface area contributed by atoms with Gasteiger partial charge in [0.15, 0.2) is 0 Å². The van der Waals surface area contributed by atoms with E-state index in [2.05, 4.69) is 37.7 Å². The van der Waals surface area contributed by atoms with Gasteiger partial charge in [-0.25, -0.2) is 0 Å². The zero-order valence-corrected chi connectivity index (χ0v) is 15.5. The van der Waals surface area contributed by atoms with E-state index in [4.69, 9.17) is 5.73 Å². The topological polar surface area (TPSA) is 88.8 Å². The van der Waals surface area contributed by atoms with Crippen molar-refractivity contribution in [3.8, 4) is 0 Å². The van der Waals surface area contributed by atoms with Gasteiger partial charge < -0.3 is 16.4 Å². The fourth-order valence-electron chi connectivity index (χ4n) is 2.67. The molecule has 0 saturated heterocycles. The molecule has 6 nitrogen and oxygen atoms in total. The Hall–Kier alpha value is -3.38. The molecule has 0 radical (unpaired) electrons. The summed E-state index contributed by atoms with van der Waals surface area (Å²) in [5.41, 5.74) is 8.80. The molecule has 0 aliphatic heterocycles. The number of hydrogen-bond acceptors (Lipinski definition) is 6. The highest BCUT2D eigenvalue weighted by Crippen LogP contribution is 2.22. The van der Waals surface area contributed by atoms with Crippen LogP contribution in [-0.2, 0) is 0 Å². The lowest BCUT2D eigenvalue weighted by Gasteiger charge is -2.09. The molecule has 0 spiro atoms. The van der Waals surface area contributed by atoms with E-state index in [1.54, 1.807) is 0 Å². The molecule has 4 N–H and O–H groups in total. The Bertz CT molecular complexity index is 1070. The SMILES string of the molecule is Cc1ccc(Nc2nc(N)nc(Nc3ccc4ccccc4c3)n2)cc1.Cl. The number of nitrogens with two attached hydrogens (primary N) is 1. The van der Waals surface area contributed by atoms with Crippen molar-refractivity contribution in [2.75, 3.05) is 16.4 Å². The minimum Gasteiger partial charge on any atom is -0.368 e. The van der Waals surface area contributed by atoms with E-state index in [-0.39, 0.29) is 18.4 Å². The summed E-state index contributed by atoms with van der Waals surface area (Å²) in [4.78, 5) is 12.7. The van der Waals surface area contributed by atoms with Gasteiger partial charge in [-0.15, -0.1) is 12.4 Å². The van der Waals surface area contributed by atoms with Gasteiger partial charge >= 0.3 is 0 Å². The number of nitrogens with one attached hydrogen (secondary N) is 2. The van der Waals surface area contributed by atoms with Gasteiger partial charge in [-0.05, 0) is 42.0 Å². The van der Waals surface area contributed by atoms with E-state index >= 15 is 0 Å². The fraction of sp³-hybridized carbons (Fsp3) is 0.0500. The van der Waals surface area contributed by atoms with Crippen molar-refractivity contribution in [2.24, 2.45) is 0 Å². The summed E-state index contributed by atoms with van der Waals surface area (Å²) in [7, 11) is 0. The highest BCUT2D eigenvalue weighted by Gasteiger charge is 2.06. The number of benzene rings is 3. The van der Waals surface area contributed by atoms with Crippen molar-refractivity contribution in [3.63, 3.8) is 0 Å². The van der Waals surface area contributed by atoms with Crippen molar-refractivity contribution in [2.45, 2.75) is 6.92 Å². The Morgan fingerprint density at radius 3 is 2.00 bits per heavy atom. The van der Waals surface area contributed by atoms with Gasteiger partial charge in [0.2, 0.25) is 17.8 Å². The molecule has 0 amide bonds. The van der Waals surface area contributed by atoms with Crippen molar-refractivity contribution < 1.29 is 0 Å². The molecule has 27 heavy (non-hydrogen) atoms. The number of hydrogen-bond donors (Lipinski definition) is 3. The number of nitrogens with zero attached hydrogens (tertiary/aromatic N) is 3. The number of aromatic nitrogens is 3. The maximum Gasteiger partial charge on any atom is 0.233 e. The quantitative estimate of drug-likeness (QED) is 0.471. The second-order valence-corrected chi connectivity index (χ2v) is 6.02. The molecule has 0 bridgehead atoms. The molecule has 0 atom stereocenters. The van der Waals surface area contributed by atoms with Crippen molar-refractivity contribution in [3.05, 3.63) is 72.3 Å². The average molecular weight is 379 g/mol. The highest BCUT2D eigenvalue weighted by molar-refractivity contribution is 5.86. The molecule has 4 rings (SSSR count). The van der Waals surface area contributed by atoms with Crippen LogP contribution in [0.2, 0.25) is 0 Å². The van der Waals surface area contributed by atoms with Gasteiger partial charge in [-0.1, -0.05) is 48.0 Å². The van der Waals surface area contributed by atoms with Gasteiger partial charge in [0.25, 0.3) is 0 Å². The number of rotatable bonds is 4. The molecule has 0 fully saturated rings. The second-order valence-electron chi connectivity index (χ2n) is 6.02. The predicted molar refractivity (Wildman–Crippen MR) is 113 cm³/mol. The summed E-state index contributed by atoms with van der Waals surface area (Å²) in [5, 5.41) is 8.65. The third-order valence-corrected chi connectivity index (χ3v) is 3.97. The van der Waals surface area contributed by atoms with Gasteiger partial charge in [-0.3, -0.25) is 0 Å². The summed E-state index contributed by atoms with van der Waals surface area (Å²) in [6.45, 7) is 2.04. The fourth-order valence-corrected chi connectivity index (χ4v) is 2.67. The minimum atomic E-state index is 0. The molecule has 0 aliphatic carbocycles. The van der Waals surface area contributed by atoms with E-state index in [1.807, 2.05) is 61.5 Å². The van der Waals surface area contributed by atoms with Crippen LogP contribution in [0.3, 0.4) is 0 Å². The lowest BCUT2D eigenvalue weighted by molar-refractivity contribution is 1.07. The Kier molecular flexibility index (Phi) is 5.38. The zero-order valence-electron chi connectivity index (χ0n) is 14.7. The summed E-state index contributed by atoms with van der Waals surface area (Å²) in [5.74, 6) is 0.935. The first-order valence-corrected chi connectivity index (χ1v) is 8.27. The van der Waals surface area contributed by atoms with E-state index < -0.39 is 0 Å². The minimum absolute atomic E-state index is 0. The molecule has 1 heterocycles. The third-order valence-electron chi connectivity index (χ3n) is 3.97. The van der Waals surface area contributed by atoms with Crippen LogP contribution >= 0.6 is 12.4 Å². The van der Waals surface area contributed by atoms with Gasteiger partial charge in [0.05, 0.1) is 0 Å². The van der Waals surface area contributed by atoms with Crippen LogP contribution in [0, 0.1) is 6.92 Å². The smallest absolute Gasteiger partial charge is 0.233 e. The summed E-state index contributed by atoms with van der Waals surface area (Å²) in [6, 6.07) is 22.2. The third kappa shape index (κ3) is 4.43. The molecule has 7 heteroatoms. The van der Waals surface area contributed by atoms with Crippen LogP contribution in [0.5, 0.6) is 0 Å². The monoisotopic (exact) mass is 378 g/mol. The first-order valence-electron chi connectivity index (χ1n) is 8.27. The molecule has 0 aliphatic rings. The number of fused-ring (bicyclic) bond motifs is 1. The van der Waals surface area contributed by atoms with E-state index in [9.17, 15) is 0 Å². The summed E-state index contributed by atoms with van der Waals surface area (Å²) >= 11 is 0. The second kappa shape index (κ2) is 7.88. The van der Waals surface area contributed by atoms with Crippen molar-refractivity contribution in [1.29, 1.82) is 0 Å². The van der Waals surface area contributed by atoms with Crippen molar-refractivity contribution in [1.82, 2.24) is 15.0 Å². The van der Waals surface area contributed by atoms with Crippen LogP contribution < -0.4 is 16.4 Å². The van der Waals surface area contributed by atoms with Crippen LogP contribution in [0.15, 0.2) is 66.7 Å². The van der Waals surface area contributed by atoms with Gasteiger partial charge in [-0.2, -0.15) is 15.0 Å². The maximum absolute atomic E-state index is 5.84. The Balaban J connectivity index is 0.00000210. The van der Waals surface area contributed by atoms with Crippen LogP contribution in [0.4, 0.5) is 29.2 Å². The lowest BCUT2D eigenvalue weighted by Crippen LogP contribution is -2.07. The van der Waals surface area contributed by atoms with Crippen LogP contribution in [0.25, 0.3) is 10.8 Å². The molecular formula is C20H19ClN6. The first-order chi connectivity index (χ1) is 12.7. The van der Waals surface area contributed by atoms with Gasteiger partial charge in [0.1, 0.15) is 0 Å². The van der Waals surface area contributed by atoms with Gasteiger partial charge in [0, 0.05) is 11.4 Å². The average Bonchev–Trinajstić information content (AvgIpc) is 2.63. The molecule has 4 aromatic rings. The molecular weight excluding hydrogens is 360 g/mol. The Morgan fingerprint density at radius 1 is 0.704 bits per heavy atom. The molecule has 0 saturated carbocycles. The van der Waals surface area contributed by atoms with E-state index in [0.29, 0.717) is 11.9 Å². The number of aryl methyl sites for hydroxylation is 1. The normalized spacial score (nSPS) is 10.3. The van der Waals surface area contributed by atoms with Crippen LogP contribution in [-0.4, -0.2) is 15.0 Å². The lowest BCUT2D eigenvalue weighted by atomic mass is 10.1. The van der Waals surface area contributed by atoms with Crippen LogP contribution in [0.1, 0.15) is 5.56 Å². The molecule has 136 valence electrons. The highest BCUT2D eigenvalue weighted by atomic mass is 35.5. The first kappa shape index (κ1) is 18.4. The molecule has 1 aromatic heterocycles. The number of nitrogen functional groups attached to an aromatic ring is 1. The molecule has 0 unspecified atom stereocenters. The number of halogens is 1. The summed E-state index contributed by atoms with van der Waals surface area (Å²) in [6.07, 6.45) is 0. The van der Waals surface area contributed by atoms with E-state index in [1.165, 1.54) is 10.9 Å². The largest absolute Gasteiger partial charge is 0.368 e. The zero-order chi connectivity index (χ0) is 17.9. The molecule has 3 aromatic carbocycles. The maximum atomic E-state index is 5.84. The van der Waals surface area contributed by atoms with Crippen molar-refractivity contribution >= 4 is 52.4 Å².